The summed E-state index contributed by atoms with van der Waals surface area (Å²) < 4.78 is 12.3. The molecule has 0 aliphatic carbocycles. The average Bonchev–Trinajstić information content (AvgIpc) is 3.31. The molecule has 2 fully saturated rings. The van der Waals surface area contributed by atoms with Crippen molar-refractivity contribution in [2.45, 2.75) is 18.4 Å². The van der Waals surface area contributed by atoms with Crippen LogP contribution in [0.15, 0.2) is 41.8 Å². The predicted molar refractivity (Wildman–Crippen MR) is 129 cm³/mol. The van der Waals surface area contributed by atoms with Crippen molar-refractivity contribution in [1.29, 1.82) is 0 Å². The lowest BCUT2D eigenvalue weighted by molar-refractivity contribution is -0.166. The van der Waals surface area contributed by atoms with E-state index >= 15 is 0 Å². The number of hydrogen-bond acceptors (Lipinski definition) is 6. The Bertz CT molecular complexity index is 949. The van der Waals surface area contributed by atoms with Gasteiger partial charge in [-0.05, 0) is 36.7 Å². The Morgan fingerprint density at radius 1 is 1.09 bits per heavy atom. The van der Waals surface area contributed by atoms with Crippen LogP contribution in [0.2, 0.25) is 5.02 Å². The van der Waals surface area contributed by atoms with Gasteiger partial charge >= 0.3 is 0 Å². The van der Waals surface area contributed by atoms with Crippen molar-refractivity contribution in [2.75, 3.05) is 59.5 Å². The lowest BCUT2D eigenvalue weighted by Crippen LogP contribution is -2.59. The highest BCUT2D eigenvalue weighted by molar-refractivity contribution is 7.10. The molecular weight excluding hydrogens is 462 g/mol. The van der Waals surface area contributed by atoms with Gasteiger partial charge in [-0.25, -0.2) is 0 Å². The van der Waals surface area contributed by atoms with E-state index in [1.807, 2.05) is 39.4 Å². The third-order valence-corrected chi connectivity index (χ3v) is 7.25. The molecule has 0 N–H and O–H groups in total. The van der Waals surface area contributed by atoms with E-state index in [1.165, 1.54) is 0 Å². The number of ether oxygens (including phenoxy) is 2. The second-order valence-corrected chi connectivity index (χ2v) is 10.2. The van der Waals surface area contributed by atoms with E-state index in [2.05, 4.69) is 11.9 Å². The summed E-state index contributed by atoms with van der Waals surface area (Å²) in [4.78, 5) is 33.2. The van der Waals surface area contributed by atoms with E-state index in [0.717, 1.165) is 18.0 Å². The van der Waals surface area contributed by atoms with Gasteiger partial charge < -0.3 is 24.2 Å². The van der Waals surface area contributed by atoms with Gasteiger partial charge in [0.05, 0.1) is 26.0 Å². The molecule has 9 heteroatoms. The number of thiophene rings is 1. The molecule has 33 heavy (non-hydrogen) atoms. The van der Waals surface area contributed by atoms with Gasteiger partial charge in [0.25, 0.3) is 0 Å². The summed E-state index contributed by atoms with van der Waals surface area (Å²) in [5.74, 6) is 0.685. The van der Waals surface area contributed by atoms with Crippen molar-refractivity contribution >= 4 is 34.8 Å². The Hall–Kier alpha value is -2.13. The first kappa shape index (κ1) is 24.0. The lowest BCUT2D eigenvalue weighted by Gasteiger charge is -2.43. The van der Waals surface area contributed by atoms with Crippen molar-refractivity contribution in [3.8, 4) is 5.75 Å². The standard InChI is InChI=1S/C24H30ClN3O4S/c1-26-7-9-27(10-8-26)23(30)16-24(18-31-20-5-2-4-19(25)14-20)17-28(11-12-32-24)22(29)15-21-6-3-13-33-21/h2-6,13-14H,7-12,15-18H2,1H3. The van der Waals surface area contributed by atoms with Crippen LogP contribution in [-0.4, -0.2) is 91.6 Å². The van der Waals surface area contributed by atoms with Crippen LogP contribution >= 0.6 is 22.9 Å². The number of carbonyl (C=O) groups excluding carboxylic acids is 2. The number of halogens is 1. The van der Waals surface area contributed by atoms with E-state index in [4.69, 9.17) is 21.1 Å². The molecular formula is C24H30ClN3O4S. The molecule has 1 atom stereocenters. The van der Waals surface area contributed by atoms with Crippen LogP contribution in [0.1, 0.15) is 11.3 Å². The monoisotopic (exact) mass is 491 g/mol. The van der Waals surface area contributed by atoms with E-state index in [0.29, 0.717) is 50.0 Å². The largest absolute Gasteiger partial charge is 0.490 e. The molecule has 1 unspecified atom stereocenters. The average molecular weight is 492 g/mol. The number of carbonyl (C=O) groups is 2. The number of amides is 2. The fourth-order valence-electron chi connectivity index (χ4n) is 4.19. The third-order valence-electron chi connectivity index (χ3n) is 6.13. The first-order valence-electron chi connectivity index (χ1n) is 11.2. The summed E-state index contributed by atoms with van der Waals surface area (Å²) in [6.07, 6.45) is 0.523. The first-order chi connectivity index (χ1) is 15.9. The minimum absolute atomic E-state index is 0.0327. The van der Waals surface area contributed by atoms with Crippen molar-refractivity contribution in [3.05, 3.63) is 51.7 Å². The normalized spacial score (nSPS) is 21.8. The molecule has 3 heterocycles. The van der Waals surface area contributed by atoms with Gasteiger partial charge in [-0.3, -0.25) is 9.59 Å². The topological polar surface area (TPSA) is 62.3 Å². The van der Waals surface area contributed by atoms with Crippen LogP contribution < -0.4 is 4.74 Å². The maximum absolute atomic E-state index is 13.2. The molecule has 2 aliphatic rings. The zero-order valence-electron chi connectivity index (χ0n) is 18.9. The van der Waals surface area contributed by atoms with Crippen molar-refractivity contribution in [1.82, 2.24) is 14.7 Å². The van der Waals surface area contributed by atoms with Crippen LogP contribution in [-0.2, 0) is 20.7 Å². The summed E-state index contributed by atoms with van der Waals surface area (Å²) >= 11 is 7.68. The smallest absolute Gasteiger partial charge is 0.228 e. The molecule has 0 spiro atoms. The Morgan fingerprint density at radius 3 is 2.64 bits per heavy atom. The minimum atomic E-state index is -0.911. The van der Waals surface area contributed by atoms with Gasteiger partial charge in [-0.1, -0.05) is 23.7 Å². The van der Waals surface area contributed by atoms with Crippen molar-refractivity contribution in [3.63, 3.8) is 0 Å². The molecule has 4 rings (SSSR count). The molecule has 0 saturated carbocycles. The highest BCUT2D eigenvalue weighted by atomic mass is 35.5. The van der Waals surface area contributed by atoms with Gasteiger partial charge in [0.2, 0.25) is 11.8 Å². The Kier molecular flexibility index (Phi) is 7.90. The highest BCUT2D eigenvalue weighted by Crippen LogP contribution is 2.27. The SMILES string of the molecule is CN1CCN(C(=O)CC2(COc3cccc(Cl)c3)CN(C(=O)Cc3cccs3)CCO2)CC1. The maximum Gasteiger partial charge on any atom is 0.228 e. The highest BCUT2D eigenvalue weighted by Gasteiger charge is 2.42. The van der Waals surface area contributed by atoms with Gasteiger partial charge in [-0.15, -0.1) is 11.3 Å². The molecule has 1 aromatic carbocycles. The number of benzene rings is 1. The predicted octanol–water partition coefficient (Wildman–Crippen LogP) is 2.78. The summed E-state index contributed by atoms with van der Waals surface area (Å²) in [5.41, 5.74) is -0.911. The second kappa shape index (κ2) is 10.9. The number of morpholine rings is 1. The molecule has 2 amide bonds. The molecule has 7 nitrogen and oxygen atoms in total. The Balaban J connectivity index is 1.48. The zero-order valence-corrected chi connectivity index (χ0v) is 20.4. The van der Waals surface area contributed by atoms with E-state index in [9.17, 15) is 9.59 Å². The number of rotatable bonds is 7. The minimum Gasteiger partial charge on any atom is -0.490 e. The second-order valence-electron chi connectivity index (χ2n) is 8.71. The zero-order chi connectivity index (χ0) is 23.3. The molecule has 2 saturated heterocycles. The van der Waals surface area contributed by atoms with E-state index < -0.39 is 5.60 Å². The van der Waals surface area contributed by atoms with Crippen molar-refractivity contribution < 1.29 is 19.1 Å². The summed E-state index contributed by atoms with van der Waals surface area (Å²) in [6.45, 7) is 4.45. The quantitative estimate of drug-likeness (QED) is 0.596. The van der Waals surface area contributed by atoms with Crippen LogP contribution in [0.4, 0.5) is 0 Å². The molecule has 178 valence electrons. The van der Waals surface area contributed by atoms with Crippen LogP contribution in [0.5, 0.6) is 5.75 Å². The number of piperazine rings is 1. The van der Waals surface area contributed by atoms with Crippen LogP contribution in [0.25, 0.3) is 0 Å². The summed E-state index contributed by atoms with van der Waals surface area (Å²) in [6, 6.07) is 11.1. The summed E-state index contributed by atoms with van der Waals surface area (Å²) in [5, 5.41) is 2.55. The van der Waals surface area contributed by atoms with Crippen LogP contribution in [0.3, 0.4) is 0 Å². The van der Waals surface area contributed by atoms with Gasteiger partial charge in [0.15, 0.2) is 0 Å². The Morgan fingerprint density at radius 2 is 1.91 bits per heavy atom. The molecule has 0 bridgehead atoms. The van der Waals surface area contributed by atoms with Crippen molar-refractivity contribution in [2.24, 2.45) is 0 Å². The fourth-order valence-corrected chi connectivity index (χ4v) is 5.07. The molecule has 2 aliphatic heterocycles. The number of nitrogens with zero attached hydrogens (tertiary/aromatic N) is 3. The first-order valence-corrected chi connectivity index (χ1v) is 12.5. The van der Waals surface area contributed by atoms with E-state index in [-0.39, 0.29) is 24.8 Å². The molecule has 1 aromatic heterocycles. The molecule has 2 aromatic rings. The van der Waals surface area contributed by atoms with Gasteiger partial charge in [0, 0.05) is 42.6 Å². The van der Waals surface area contributed by atoms with Gasteiger partial charge in [-0.2, -0.15) is 0 Å². The van der Waals surface area contributed by atoms with Crippen LogP contribution in [0, 0.1) is 0 Å². The molecule has 0 radical (unpaired) electrons. The van der Waals surface area contributed by atoms with Gasteiger partial charge in [0.1, 0.15) is 18.0 Å². The lowest BCUT2D eigenvalue weighted by atomic mass is 9.96. The fraction of sp³-hybridized carbons (Fsp3) is 0.500. The summed E-state index contributed by atoms with van der Waals surface area (Å²) in [7, 11) is 2.06. The van der Waals surface area contributed by atoms with E-state index in [1.54, 1.807) is 23.5 Å². The number of hydrogen-bond donors (Lipinski definition) is 0. The maximum atomic E-state index is 13.2. The Labute approximate surface area is 203 Å². The third kappa shape index (κ3) is 6.47. The number of likely N-dealkylation sites (N-methyl/N-ethyl adjacent to an activating group) is 1.